The van der Waals surface area contributed by atoms with Gasteiger partial charge in [0.1, 0.15) is 0 Å². The summed E-state index contributed by atoms with van der Waals surface area (Å²) in [5, 5.41) is 3.02. The predicted octanol–water partition coefficient (Wildman–Crippen LogP) is 2.50. The van der Waals surface area contributed by atoms with Crippen LogP contribution in [0.2, 0.25) is 0 Å². The fourth-order valence-electron chi connectivity index (χ4n) is 2.38. The normalized spacial score (nSPS) is 11.7. The van der Waals surface area contributed by atoms with Crippen LogP contribution in [0.5, 0.6) is 0 Å². The van der Waals surface area contributed by atoms with Gasteiger partial charge in [0.2, 0.25) is 0 Å². The molecule has 0 bridgehead atoms. The molecule has 0 unspecified atom stereocenters. The van der Waals surface area contributed by atoms with Crippen molar-refractivity contribution in [1.82, 2.24) is 0 Å². The molecule has 0 radical (unpaired) electrons. The molecule has 0 atom stereocenters. The molecule has 28 heavy (non-hydrogen) atoms. The molecule has 0 heterocycles. The summed E-state index contributed by atoms with van der Waals surface area (Å²) < 4.78 is 55.9. The predicted molar refractivity (Wildman–Crippen MR) is 107 cm³/mol. The number of esters is 1. The second kappa shape index (κ2) is 8.61. The van der Waals surface area contributed by atoms with Crippen molar-refractivity contribution in [3.63, 3.8) is 0 Å². The second-order valence-corrected chi connectivity index (χ2v) is 9.56. The minimum Gasteiger partial charge on any atom is -0.462 e. The van der Waals surface area contributed by atoms with Crippen LogP contribution in [0.25, 0.3) is 0 Å². The Bertz CT molecular complexity index is 1060. The van der Waals surface area contributed by atoms with Gasteiger partial charge in [-0.25, -0.2) is 21.6 Å². The van der Waals surface area contributed by atoms with Crippen LogP contribution in [-0.4, -0.2) is 42.2 Å². The number of hydrogen-bond acceptors (Lipinski definition) is 7. The molecule has 152 valence electrons. The third-order valence-corrected chi connectivity index (χ3v) is 6.21. The summed E-state index contributed by atoms with van der Waals surface area (Å²) in [6, 6.07) is 9.38. The summed E-state index contributed by atoms with van der Waals surface area (Å²) >= 11 is 0. The Hall–Kier alpha value is -2.59. The van der Waals surface area contributed by atoms with E-state index in [0.29, 0.717) is 12.2 Å². The quantitative estimate of drug-likeness (QED) is 0.623. The fraction of sp³-hybridized carbons (Fsp3) is 0.278. The first-order chi connectivity index (χ1) is 13.1. The van der Waals surface area contributed by atoms with E-state index in [1.54, 1.807) is 13.0 Å². The molecule has 0 saturated carbocycles. The van der Waals surface area contributed by atoms with Crippen molar-refractivity contribution in [3.8, 4) is 0 Å². The van der Waals surface area contributed by atoms with E-state index < -0.39 is 25.8 Å². The van der Waals surface area contributed by atoms with Crippen LogP contribution in [0.4, 0.5) is 11.4 Å². The summed E-state index contributed by atoms with van der Waals surface area (Å²) in [6.45, 7) is 4.26. The lowest BCUT2D eigenvalue weighted by Crippen LogP contribution is -2.16. The number of rotatable bonds is 8. The lowest BCUT2D eigenvalue weighted by atomic mass is 10.1. The molecule has 8 nitrogen and oxygen atoms in total. The Kier molecular flexibility index (Phi) is 6.68. The number of carbonyl (C=O) groups is 1. The molecule has 2 N–H and O–H groups in total. The standard InChI is InChI=1S/C18H22N2O6S2/c1-4-19-16-11-6-13(18(21)26-5-2)12-17(16)20-28(24,25)15-9-7-14(8-10-15)27(3,22)23/h6-12,19-20H,4-5H2,1-3H3. The van der Waals surface area contributed by atoms with Crippen molar-refractivity contribution in [2.24, 2.45) is 0 Å². The van der Waals surface area contributed by atoms with Crippen LogP contribution in [0, 0.1) is 0 Å². The molecule has 0 spiro atoms. The molecule has 0 aromatic heterocycles. The second-order valence-electron chi connectivity index (χ2n) is 5.86. The maximum atomic E-state index is 12.7. The largest absolute Gasteiger partial charge is 0.462 e. The first-order valence-corrected chi connectivity index (χ1v) is 11.8. The van der Waals surface area contributed by atoms with Crippen molar-refractivity contribution in [3.05, 3.63) is 48.0 Å². The highest BCUT2D eigenvalue weighted by molar-refractivity contribution is 7.92. The molecule has 2 aromatic rings. The van der Waals surface area contributed by atoms with E-state index in [-0.39, 0.29) is 27.6 Å². The maximum Gasteiger partial charge on any atom is 0.338 e. The minimum atomic E-state index is -4.01. The van der Waals surface area contributed by atoms with Gasteiger partial charge in [0, 0.05) is 12.8 Å². The van der Waals surface area contributed by atoms with Crippen molar-refractivity contribution >= 4 is 37.2 Å². The molecule has 0 aliphatic rings. The van der Waals surface area contributed by atoms with E-state index >= 15 is 0 Å². The molecule has 0 saturated heterocycles. The SMILES string of the molecule is CCNc1ccc(C(=O)OCC)cc1NS(=O)(=O)c1ccc(S(C)(=O)=O)cc1. The molecule has 0 aliphatic carbocycles. The van der Waals surface area contributed by atoms with Crippen LogP contribution in [0.3, 0.4) is 0 Å². The lowest BCUT2D eigenvalue weighted by molar-refractivity contribution is 0.0526. The summed E-state index contributed by atoms with van der Waals surface area (Å²) in [5.41, 5.74) is 0.875. The fourth-order valence-corrected chi connectivity index (χ4v) is 4.09. The minimum absolute atomic E-state index is 0.0177. The molecule has 0 fully saturated rings. The number of sulfonamides is 1. The Balaban J connectivity index is 2.40. The van der Waals surface area contributed by atoms with Crippen molar-refractivity contribution < 1.29 is 26.4 Å². The Labute approximate surface area is 164 Å². The van der Waals surface area contributed by atoms with E-state index in [1.165, 1.54) is 36.4 Å². The smallest absolute Gasteiger partial charge is 0.338 e. The third-order valence-electron chi connectivity index (χ3n) is 3.70. The first kappa shape index (κ1) is 21.7. The van der Waals surface area contributed by atoms with Gasteiger partial charge in [-0.1, -0.05) is 0 Å². The summed E-state index contributed by atoms with van der Waals surface area (Å²) in [4.78, 5) is 11.9. The molecule has 0 aliphatic heterocycles. The number of nitrogens with one attached hydrogen (secondary N) is 2. The first-order valence-electron chi connectivity index (χ1n) is 8.46. The van der Waals surface area contributed by atoms with Crippen molar-refractivity contribution in [2.45, 2.75) is 23.6 Å². The number of hydrogen-bond donors (Lipinski definition) is 2. The molecule has 2 rings (SSSR count). The van der Waals surface area contributed by atoms with E-state index in [4.69, 9.17) is 4.74 Å². The number of sulfone groups is 1. The van der Waals surface area contributed by atoms with E-state index in [1.807, 2.05) is 6.92 Å². The van der Waals surface area contributed by atoms with Gasteiger partial charge in [0.05, 0.1) is 33.3 Å². The number of benzene rings is 2. The van der Waals surface area contributed by atoms with Crippen LogP contribution in [-0.2, 0) is 24.6 Å². The zero-order chi connectivity index (χ0) is 20.9. The average Bonchev–Trinajstić information content (AvgIpc) is 2.62. The van der Waals surface area contributed by atoms with Gasteiger partial charge < -0.3 is 10.1 Å². The van der Waals surface area contributed by atoms with Gasteiger partial charge in [-0.2, -0.15) is 0 Å². The van der Waals surface area contributed by atoms with Gasteiger partial charge in [-0.05, 0) is 56.3 Å². The maximum absolute atomic E-state index is 12.7. The summed E-state index contributed by atoms with van der Waals surface area (Å²) in [5.74, 6) is -0.566. The van der Waals surface area contributed by atoms with Crippen LogP contribution < -0.4 is 10.0 Å². The number of carbonyl (C=O) groups excluding carboxylic acids is 1. The van der Waals surface area contributed by atoms with Crippen LogP contribution in [0.15, 0.2) is 52.3 Å². The highest BCUT2D eigenvalue weighted by Gasteiger charge is 2.19. The van der Waals surface area contributed by atoms with E-state index in [2.05, 4.69) is 10.0 Å². The van der Waals surface area contributed by atoms with Gasteiger partial charge in [0.15, 0.2) is 9.84 Å². The molecule has 10 heteroatoms. The Morgan fingerprint density at radius 2 is 1.54 bits per heavy atom. The van der Waals surface area contributed by atoms with Crippen LogP contribution >= 0.6 is 0 Å². The van der Waals surface area contributed by atoms with Gasteiger partial charge in [-0.3, -0.25) is 4.72 Å². The molecular weight excluding hydrogens is 404 g/mol. The third kappa shape index (κ3) is 5.23. The number of anilines is 2. The molecular formula is C18H22N2O6S2. The lowest BCUT2D eigenvalue weighted by Gasteiger charge is -2.15. The number of ether oxygens (including phenoxy) is 1. The van der Waals surface area contributed by atoms with Gasteiger partial charge in [0.25, 0.3) is 10.0 Å². The zero-order valence-corrected chi connectivity index (χ0v) is 17.4. The van der Waals surface area contributed by atoms with Crippen molar-refractivity contribution in [2.75, 3.05) is 29.4 Å². The molecule has 0 amide bonds. The highest BCUT2D eigenvalue weighted by atomic mass is 32.2. The monoisotopic (exact) mass is 426 g/mol. The summed E-state index contributed by atoms with van der Waals surface area (Å²) in [6.07, 6.45) is 1.04. The van der Waals surface area contributed by atoms with Crippen molar-refractivity contribution in [1.29, 1.82) is 0 Å². The van der Waals surface area contributed by atoms with Gasteiger partial charge >= 0.3 is 5.97 Å². The van der Waals surface area contributed by atoms with Gasteiger partial charge in [-0.15, -0.1) is 0 Å². The Morgan fingerprint density at radius 3 is 2.07 bits per heavy atom. The van der Waals surface area contributed by atoms with E-state index in [0.717, 1.165) is 6.26 Å². The van der Waals surface area contributed by atoms with Crippen LogP contribution in [0.1, 0.15) is 24.2 Å². The highest BCUT2D eigenvalue weighted by Crippen LogP contribution is 2.27. The Morgan fingerprint density at radius 1 is 0.929 bits per heavy atom. The average molecular weight is 427 g/mol. The summed E-state index contributed by atoms with van der Waals surface area (Å²) in [7, 11) is -7.44. The topological polar surface area (TPSA) is 119 Å². The zero-order valence-electron chi connectivity index (χ0n) is 15.7. The molecule has 2 aromatic carbocycles. The van der Waals surface area contributed by atoms with E-state index in [9.17, 15) is 21.6 Å².